The van der Waals surface area contributed by atoms with E-state index in [0.29, 0.717) is 11.2 Å². The van der Waals surface area contributed by atoms with Gasteiger partial charge < -0.3 is 0 Å². The van der Waals surface area contributed by atoms with Crippen molar-refractivity contribution in [2.75, 3.05) is 0 Å². The molecule has 0 spiro atoms. The largest absolute Gasteiger partial charge is 0.172 e. The van der Waals surface area contributed by atoms with Crippen LogP contribution in [-0.2, 0) is 11.8 Å². The van der Waals surface area contributed by atoms with Crippen molar-refractivity contribution in [1.29, 1.82) is 0 Å². The average molecular weight is 499 g/mol. The molecule has 0 aliphatic heterocycles. The summed E-state index contributed by atoms with van der Waals surface area (Å²) in [7, 11) is 0. The van der Waals surface area contributed by atoms with E-state index in [2.05, 4.69) is 139 Å². The molecule has 3 atom stereocenters. The third-order valence-corrected chi connectivity index (χ3v) is 7.56. The van der Waals surface area contributed by atoms with Gasteiger partial charge in [-0.2, -0.15) is 12.6 Å². The lowest BCUT2D eigenvalue weighted by molar-refractivity contribution is 0.429. The quantitative estimate of drug-likeness (QED) is 0.198. The molecule has 0 aromatic heterocycles. The fourth-order valence-electron chi connectivity index (χ4n) is 4.93. The van der Waals surface area contributed by atoms with Crippen LogP contribution in [0.2, 0.25) is 0 Å². The van der Waals surface area contributed by atoms with Crippen LogP contribution in [0.3, 0.4) is 0 Å². The molecule has 1 heteroatoms. The van der Waals surface area contributed by atoms with Gasteiger partial charge in [0, 0.05) is 10.7 Å². The van der Waals surface area contributed by atoms with E-state index in [9.17, 15) is 0 Å². The van der Waals surface area contributed by atoms with Crippen LogP contribution in [0.5, 0.6) is 0 Å². The van der Waals surface area contributed by atoms with Crippen LogP contribution in [-0.4, -0.2) is 5.25 Å². The van der Waals surface area contributed by atoms with Crippen LogP contribution >= 0.6 is 12.6 Å². The summed E-state index contributed by atoms with van der Waals surface area (Å²) in [6.45, 7) is 21.4. The van der Waals surface area contributed by atoms with E-state index < -0.39 is 0 Å². The van der Waals surface area contributed by atoms with Crippen LogP contribution in [0, 0.1) is 12.8 Å². The summed E-state index contributed by atoms with van der Waals surface area (Å²) in [6.07, 6.45) is 15.5. The van der Waals surface area contributed by atoms with Crippen molar-refractivity contribution >= 4 is 18.2 Å². The minimum atomic E-state index is -0.0950. The molecule has 192 valence electrons. The third kappa shape index (κ3) is 8.27. The molecule has 0 radical (unpaired) electrons. The van der Waals surface area contributed by atoms with Gasteiger partial charge in [-0.3, -0.25) is 0 Å². The Balaban J connectivity index is 0.000000425. The molecular formula is C35H46S. The zero-order valence-electron chi connectivity index (χ0n) is 23.4. The highest BCUT2D eigenvalue weighted by molar-refractivity contribution is 7.81. The first-order valence-corrected chi connectivity index (χ1v) is 13.9. The lowest BCUT2D eigenvalue weighted by Crippen LogP contribution is -2.28. The second-order valence-electron chi connectivity index (χ2n) is 10.2. The van der Waals surface area contributed by atoms with Crippen molar-refractivity contribution in [3.8, 4) is 0 Å². The van der Waals surface area contributed by atoms with Crippen molar-refractivity contribution in [2.45, 2.75) is 77.9 Å². The van der Waals surface area contributed by atoms with Crippen molar-refractivity contribution in [3.63, 3.8) is 0 Å². The van der Waals surface area contributed by atoms with E-state index in [4.69, 9.17) is 0 Å². The lowest BCUT2D eigenvalue weighted by Gasteiger charge is -2.36. The zero-order chi connectivity index (χ0) is 26.7. The van der Waals surface area contributed by atoms with Crippen LogP contribution in [0.15, 0.2) is 103 Å². The van der Waals surface area contributed by atoms with Gasteiger partial charge >= 0.3 is 0 Å². The standard InChI is InChI=1S/C26H34S.C9H12/c1-7-20(5)24-11-9-10-12-25(24)26(6,18-21-14-16-23(27)17-21)22(8-2)15-13-19(3)4;1-3-9-6-4-8(2)5-7-9/h8-16,21,23,27H,3,5,7,17-18H2,1-2,4,6H3;4-7H,3H2,1-2H3/b15-13-,22-8+;. The topological polar surface area (TPSA) is 0 Å². The highest BCUT2D eigenvalue weighted by atomic mass is 32.1. The molecule has 0 fully saturated rings. The molecule has 2 aromatic rings. The summed E-state index contributed by atoms with van der Waals surface area (Å²) >= 11 is 4.66. The van der Waals surface area contributed by atoms with Gasteiger partial charge in [-0.1, -0.05) is 124 Å². The van der Waals surface area contributed by atoms with Gasteiger partial charge in [-0.15, -0.1) is 0 Å². The summed E-state index contributed by atoms with van der Waals surface area (Å²) in [5, 5.41) is 0.375. The predicted octanol–water partition coefficient (Wildman–Crippen LogP) is 10.3. The summed E-state index contributed by atoms with van der Waals surface area (Å²) in [5.41, 5.74) is 8.92. The Labute approximate surface area is 227 Å². The van der Waals surface area contributed by atoms with Crippen molar-refractivity contribution < 1.29 is 0 Å². The SMILES string of the molecule is C=C(C)/C=C\C(=C/C)C(C)(CC1C=CC(S)C1)c1ccccc1C(=C)CC.CCc1ccc(C)cc1. The molecule has 0 nitrogen and oxygen atoms in total. The lowest BCUT2D eigenvalue weighted by atomic mass is 9.67. The third-order valence-electron chi connectivity index (χ3n) is 7.17. The van der Waals surface area contributed by atoms with Gasteiger partial charge in [0.05, 0.1) is 0 Å². The van der Waals surface area contributed by atoms with Crippen LogP contribution in [0.25, 0.3) is 5.57 Å². The van der Waals surface area contributed by atoms with Gasteiger partial charge in [-0.05, 0) is 80.2 Å². The van der Waals surface area contributed by atoms with Gasteiger partial charge in [0.2, 0.25) is 0 Å². The van der Waals surface area contributed by atoms with E-state index in [1.807, 2.05) is 6.92 Å². The maximum Gasteiger partial charge on any atom is 0.0202 e. The van der Waals surface area contributed by atoms with Gasteiger partial charge in [0.25, 0.3) is 0 Å². The van der Waals surface area contributed by atoms with Crippen LogP contribution in [0.4, 0.5) is 0 Å². The molecule has 2 aromatic carbocycles. The van der Waals surface area contributed by atoms with Crippen molar-refractivity contribution in [3.05, 3.63) is 125 Å². The Morgan fingerprint density at radius 2 is 1.69 bits per heavy atom. The fourth-order valence-corrected chi connectivity index (χ4v) is 5.30. The highest BCUT2D eigenvalue weighted by Crippen LogP contribution is 2.44. The summed E-state index contributed by atoms with van der Waals surface area (Å²) in [5.74, 6) is 0.536. The molecule has 1 aliphatic carbocycles. The first-order chi connectivity index (χ1) is 17.1. The van der Waals surface area contributed by atoms with Crippen LogP contribution < -0.4 is 0 Å². The number of thiol groups is 1. The van der Waals surface area contributed by atoms with Crippen molar-refractivity contribution in [2.24, 2.45) is 5.92 Å². The average Bonchev–Trinajstić information content (AvgIpc) is 3.28. The maximum atomic E-state index is 4.66. The Hall–Kier alpha value is -2.51. The Bertz CT molecular complexity index is 1100. The molecule has 3 unspecified atom stereocenters. The molecule has 0 saturated carbocycles. The maximum absolute atomic E-state index is 4.66. The molecule has 3 rings (SSSR count). The second-order valence-corrected chi connectivity index (χ2v) is 10.9. The highest BCUT2D eigenvalue weighted by Gasteiger charge is 2.35. The van der Waals surface area contributed by atoms with E-state index in [-0.39, 0.29) is 5.41 Å². The molecular weight excluding hydrogens is 452 g/mol. The predicted molar refractivity (Wildman–Crippen MR) is 166 cm³/mol. The molecule has 1 aliphatic rings. The number of hydrogen-bond donors (Lipinski definition) is 1. The summed E-state index contributed by atoms with van der Waals surface area (Å²) in [4.78, 5) is 0. The van der Waals surface area contributed by atoms with E-state index in [1.165, 1.54) is 33.4 Å². The minimum absolute atomic E-state index is 0.0950. The Morgan fingerprint density at radius 1 is 1.03 bits per heavy atom. The summed E-state index contributed by atoms with van der Waals surface area (Å²) < 4.78 is 0. The first-order valence-electron chi connectivity index (χ1n) is 13.3. The number of rotatable bonds is 9. The molecule has 0 amide bonds. The van der Waals surface area contributed by atoms with E-state index in [1.54, 1.807) is 0 Å². The van der Waals surface area contributed by atoms with E-state index in [0.717, 1.165) is 31.3 Å². The molecule has 0 saturated heterocycles. The minimum Gasteiger partial charge on any atom is -0.172 e. The zero-order valence-corrected chi connectivity index (χ0v) is 24.2. The second kappa shape index (κ2) is 14.3. The normalized spacial score (nSPS) is 19.0. The molecule has 0 bridgehead atoms. The first kappa shape index (κ1) is 29.7. The van der Waals surface area contributed by atoms with Gasteiger partial charge in [0.1, 0.15) is 0 Å². The number of benzene rings is 2. The number of hydrogen-bond acceptors (Lipinski definition) is 1. The Kier molecular flexibility index (Phi) is 11.8. The molecule has 0 heterocycles. The smallest absolute Gasteiger partial charge is 0.0202 e. The van der Waals surface area contributed by atoms with Crippen LogP contribution in [0.1, 0.15) is 76.1 Å². The number of allylic oxidation sites excluding steroid dienone is 7. The molecule has 36 heavy (non-hydrogen) atoms. The van der Waals surface area contributed by atoms with E-state index >= 15 is 0 Å². The van der Waals surface area contributed by atoms with Gasteiger partial charge in [-0.25, -0.2) is 0 Å². The fraction of sp³-hybridized carbons (Fsp3) is 0.371. The number of aryl methyl sites for hydroxylation is 2. The Morgan fingerprint density at radius 3 is 2.22 bits per heavy atom. The summed E-state index contributed by atoms with van der Waals surface area (Å²) in [6, 6.07) is 17.4. The van der Waals surface area contributed by atoms with Gasteiger partial charge in [0.15, 0.2) is 0 Å². The monoisotopic (exact) mass is 498 g/mol. The molecule has 0 N–H and O–H groups in total. The van der Waals surface area contributed by atoms with Crippen molar-refractivity contribution in [1.82, 2.24) is 0 Å².